The lowest BCUT2D eigenvalue weighted by Crippen LogP contribution is -2.66. The molecule has 9 rings (SSSR count). The lowest BCUT2D eigenvalue weighted by molar-refractivity contribution is 0.0533. The van der Waals surface area contributed by atoms with Crippen LogP contribution in [0.1, 0.15) is 102 Å². The summed E-state index contributed by atoms with van der Waals surface area (Å²) in [5.74, 6) is 4.96. The third-order valence-corrected chi connectivity index (χ3v) is 13.8. The highest BCUT2D eigenvalue weighted by Crippen LogP contribution is 2.51. The van der Waals surface area contributed by atoms with Crippen LogP contribution >= 0.6 is 0 Å². The maximum absolute atomic E-state index is 5.63. The Labute approximate surface area is 307 Å². The molecule has 11 atom stereocenters. The Morgan fingerprint density at radius 3 is 2.73 bits per heavy atom. The Kier molecular flexibility index (Phi) is 9.57. The van der Waals surface area contributed by atoms with Crippen molar-refractivity contribution in [2.24, 2.45) is 17.8 Å². The Morgan fingerprint density at radius 1 is 0.941 bits per heavy atom. The van der Waals surface area contributed by atoms with Crippen LogP contribution in [-0.4, -0.2) is 47.4 Å². The number of terminal acetylenes is 1. The molecule has 11 unspecified atom stereocenters. The number of anilines is 1. The Bertz CT molecular complexity index is 1710. The molecule has 0 saturated carbocycles. The summed E-state index contributed by atoms with van der Waals surface area (Å²) in [6, 6.07) is 11.7. The molecule has 51 heavy (non-hydrogen) atoms. The third kappa shape index (κ3) is 6.28. The number of allylic oxidation sites excluding steroid dienone is 7. The zero-order valence-corrected chi connectivity index (χ0v) is 30.7. The molecule has 2 fully saturated rings. The smallest absolute Gasteiger partial charge is 0.0805 e. The van der Waals surface area contributed by atoms with E-state index in [4.69, 9.17) is 6.42 Å². The fourth-order valence-corrected chi connectivity index (χ4v) is 11.4. The second kappa shape index (κ2) is 14.6. The molecular weight excluding hydrogens is 621 g/mol. The minimum Gasteiger partial charge on any atom is -0.361 e. The molecule has 1 aromatic carbocycles. The van der Waals surface area contributed by atoms with Gasteiger partial charge in [0.2, 0.25) is 0 Å². The summed E-state index contributed by atoms with van der Waals surface area (Å²) in [5, 5.41) is 8.26. The molecular formula is C47H58N4. The Morgan fingerprint density at radius 2 is 1.86 bits per heavy atom. The highest BCUT2D eigenvalue weighted by atomic mass is 15.4. The van der Waals surface area contributed by atoms with Gasteiger partial charge in [-0.3, -0.25) is 15.5 Å². The summed E-state index contributed by atoms with van der Waals surface area (Å²) in [7, 11) is 0. The first kappa shape index (κ1) is 33.5. The molecule has 266 valence electrons. The van der Waals surface area contributed by atoms with Crippen molar-refractivity contribution in [3.63, 3.8) is 0 Å². The van der Waals surface area contributed by atoms with Crippen molar-refractivity contribution < 1.29 is 0 Å². The standard InChI is InChI=1S/C47H58N4/c1-3-4-7-16-32(2)47-48-41(33-17-8-5-9-18-33)31-46(49-47)51-43-24-15-13-22-38(43)40-29-34(26-28-44(40)51)35-25-27-39-37-21-12-14-23-42(37)50(45(39)30-35)36-19-10-6-11-20-36/h1,6,8,10,12,14,16-17,21-23,25-28,30,33-34,36,39-41,43-49H,4-5,7,9,11,13,15,18-20,24,29,31H2,2H3/b32-16+. The quantitative estimate of drug-likeness (QED) is 0.171. The minimum atomic E-state index is 0.181. The normalized spacial score (nSPS) is 38.7. The fourth-order valence-electron chi connectivity index (χ4n) is 11.4. The first-order valence-corrected chi connectivity index (χ1v) is 20.5. The molecule has 3 aliphatic heterocycles. The monoisotopic (exact) mass is 678 g/mol. The van der Waals surface area contributed by atoms with E-state index in [1.54, 1.807) is 11.1 Å². The van der Waals surface area contributed by atoms with Gasteiger partial charge in [0.1, 0.15) is 0 Å². The topological polar surface area (TPSA) is 30.5 Å². The number of benzene rings is 1. The second-order valence-corrected chi connectivity index (χ2v) is 16.7. The van der Waals surface area contributed by atoms with Crippen LogP contribution in [0.2, 0.25) is 0 Å². The molecule has 4 heteroatoms. The minimum absolute atomic E-state index is 0.181. The van der Waals surface area contributed by atoms with Gasteiger partial charge in [0.15, 0.2) is 0 Å². The number of para-hydroxylation sites is 1. The average Bonchev–Trinajstić information content (AvgIpc) is 3.70. The van der Waals surface area contributed by atoms with E-state index in [9.17, 15) is 0 Å². The molecule has 0 radical (unpaired) electrons. The van der Waals surface area contributed by atoms with Gasteiger partial charge in [-0.05, 0) is 113 Å². The predicted molar refractivity (Wildman–Crippen MR) is 212 cm³/mol. The molecule has 3 heterocycles. The Hall–Kier alpha value is -3.36. The number of likely N-dealkylation sites (tertiary alicyclic amines) is 1. The van der Waals surface area contributed by atoms with Gasteiger partial charge in [-0.25, -0.2) is 0 Å². The number of unbranched alkanes of at least 4 members (excludes halogenated alkanes) is 1. The maximum atomic E-state index is 5.63. The van der Waals surface area contributed by atoms with Crippen LogP contribution in [0.25, 0.3) is 0 Å². The summed E-state index contributed by atoms with van der Waals surface area (Å²) in [6.45, 7) is 2.30. The number of nitrogens with zero attached hydrogens (tertiary/aromatic N) is 2. The SMILES string of the molecule is C#CCC/C=C(\C)C1NC(C2C=CCCC2)CC(N2C3CCCC=C3C3CC(C4=CC5C(C=C4)c4ccccc4N5C4CC=CCC4)C=CC32)N1. The number of rotatable bonds is 7. The largest absolute Gasteiger partial charge is 0.361 e. The molecule has 1 aromatic rings. The number of nitrogens with one attached hydrogen (secondary N) is 2. The summed E-state index contributed by atoms with van der Waals surface area (Å²) in [6.07, 6.45) is 49.3. The highest BCUT2D eigenvalue weighted by Gasteiger charge is 2.51. The van der Waals surface area contributed by atoms with E-state index in [0.29, 0.717) is 60.0 Å². The van der Waals surface area contributed by atoms with Gasteiger partial charge in [0.25, 0.3) is 0 Å². The van der Waals surface area contributed by atoms with E-state index in [1.807, 2.05) is 0 Å². The van der Waals surface area contributed by atoms with Crippen molar-refractivity contribution >= 4 is 5.69 Å². The van der Waals surface area contributed by atoms with Crippen molar-refractivity contribution in [1.29, 1.82) is 0 Å². The summed E-state index contributed by atoms with van der Waals surface area (Å²) in [4.78, 5) is 5.76. The van der Waals surface area contributed by atoms with Gasteiger partial charge in [-0.1, -0.05) is 90.6 Å². The summed E-state index contributed by atoms with van der Waals surface area (Å²) < 4.78 is 0. The second-order valence-electron chi connectivity index (χ2n) is 16.7. The molecule has 5 aliphatic carbocycles. The van der Waals surface area contributed by atoms with E-state index in [0.717, 1.165) is 25.7 Å². The third-order valence-electron chi connectivity index (χ3n) is 13.8. The van der Waals surface area contributed by atoms with E-state index in [1.165, 1.54) is 74.6 Å². The van der Waals surface area contributed by atoms with E-state index in [2.05, 4.69) is 124 Å². The van der Waals surface area contributed by atoms with Crippen LogP contribution in [0.15, 0.2) is 108 Å². The molecule has 0 bridgehead atoms. The fraction of sp³-hybridized carbons (Fsp3) is 0.532. The van der Waals surface area contributed by atoms with E-state index in [-0.39, 0.29) is 6.17 Å². The highest BCUT2D eigenvalue weighted by molar-refractivity contribution is 5.67. The van der Waals surface area contributed by atoms with Crippen LogP contribution in [-0.2, 0) is 0 Å². The lowest BCUT2D eigenvalue weighted by atomic mass is 9.74. The molecule has 2 saturated heterocycles. The Balaban J connectivity index is 1.00. The van der Waals surface area contributed by atoms with Crippen molar-refractivity contribution in [3.05, 3.63) is 113 Å². The first-order chi connectivity index (χ1) is 25.2. The molecule has 4 nitrogen and oxygen atoms in total. The van der Waals surface area contributed by atoms with Gasteiger partial charge in [0, 0.05) is 54.0 Å². The van der Waals surface area contributed by atoms with Crippen LogP contribution < -0.4 is 15.5 Å². The van der Waals surface area contributed by atoms with Crippen molar-refractivity contribution in [2.45, 2.75) is 139 Å². The number of hydrogen-bond acceptors (Lipinski definition) is 4. The molecule has 0 spiro atoms. The lowest BCUT2D eigenvalue weighted by Gasteiger charge is -2.48. The summed E-state index contributed by atoms with van der Waals surface area (Å²) >= 11 is 0. The van der Waals surface area contributed by atoms with Crippen molar-refractivity contribution in [3.8, 4) is 12.3 Å². The van der Waals surface area contributed by atoms with Crippen LogP contribution in [0.4, 0.5) is 5.69 Å². The molecule has 0 aromatic heterocycles. The van der Waals surface area contributed by atoms with E-state index >= 15 is 0 Å². The van der Waals surface area contributed by atoms with E-state index < -0.39 is 0 Å². The number of hydrogen-bond donors (Lipinski definition) is 2. The predicted octanol–water partition coefficient (Wildman–Crippen LogP) is 9.24. The van der Waals surface area contributed by atoms with Crippen LogP contribution in [0, 0.1) is 30.1 Å². The van der Waals surface area contributed by atoms with Gasteiger partial charge in [-0.2, -0.15) is 0 Å². The van der Waals surface area contributed by atoms with Crippen LogP contribution in [0.3, 0.4) is 0 Å². The molecule has 0 amide bonds. The maximum Gasteiger partial charge on any atom is 0.0805 e. The average molecular weight is 679 g/mol. The van der Waals surface area contributed by atoms with Crippen LogP contribution in [0.5, 0.6) is 0 Å². The number of fused-ring (bicyclic) bond motifs is 6. The van der Waals surface area contributed by atoms with Gasteiger partial charge < -0.3 is 4.90 Å². The first-order valence-electron chi connectivity index (χ1n) is 20.5. The van der Waals surface area contributed by atoms with Crippen molar-refractivity contribution in [1.82, 2.24) is 15.5 Å². The zero-order chi connectivity index (χ0) is 34.3. The molecule has 8 aliphatic rings. The van der Waals surface area contributed by atoms with Gasteiger partial charge in [0.05, 0.1) is 18.4 Å². The summed E-state index contributed by atoms with van der Waals surface area (Å²) in [5.41, 5.74) is 7.65. The van der Waals surface area contributed by atoms with Gasteiger partial charge >= 0.3 is 0 Å². The molecule has 2 N–H and O–H groups in total. The zero-order valence-electron chi connectivity index (χ0n) is 30.7. The van der Waals surface area contributed by atoms with Crippen molar-refractivity contribution in [2.75, 3.05) is 4.90 Å². The van der Waals surface area contributed by atoms with Gasteiger partial charge in [-0.15, -0.1) is 12.3 Å².